The molecule has 2 rings (SSSR count). The molecule has 0 amide bonds. The van der Waals surface area contributed by atoms with E-state index in [9.17, 15) is 8.42 Å². The molecule has 2 N–H and O–H groups in total. The third kappa shape index (κ3) is 8.14. The molecule has 0 atom stereocenters. The van der Waals surface area contributed by atoms with Crippen molar-refractivity contribution < 1.29 is 8.42 Å². The third-order valence-electron chi connectivity index (χ3n) is 3.82. The highest BCUT2D eigenvalue weighted by Gasteiger charge is 2.06. The average molecular weight is 556 g/mol. The molecule has 2 aromatic rings. The second-order valence-electron chi connectivity index (χ2n) is 6.02. The van der Waals surface area contributed by atoms with Crippen LogP contribution in [-0.4, -0.2) is 33.7 Å². The number of halogens is 3. The van der Waals surface area contributed by atoms with Crippen molar-refractivity contribution >= 4 is 63.0 Å². The second-order valence-corrected chi connectivity index (χ2v) is 8.88. The number of hydrogen-bond donors (Lipinski definition) is 2. The van der Waals surface area contributed by atoms with E-state index in [0.29, 0.717) is 34.0 Å². The van der Waals surface area contributed by atoms with Crippen LogP contribution in [0.1, 0.15) is 18.1 Å². The lowest BCUT2D eigenvalue weighted by Gasteiger charge is -2.12. The molecule has 0 aliphatic carbocycles. The summed E-state index contributed by atoms with van der Waals surface area (Å²) >= 11 is 12.1. The zero-order valence-electron chi connectivity index (χ0n) is 15.7. The van der Waals surface area contributed by atoms with Gasteiger partial charge in [0.1, 0.15) is 0 Å². The Balaban J connectivity index is 0.00000392. The van der Waals surface area contributed by atoms with Gasteiger partial charge in [0, 0.05) is 29.4 Å². The maximum atomic E-state index is 11.5. The van der Waals surface area contributed by atoms with Gasteiger partial charge in [0.05, 0.1) is 11.4 Å². The average Bonchev–Trinajstić information content (AvgIpc) is 2.60. The summed E-state index contributed by atoms with van der Waals surface area (Å²) in [6.45, 7) is 3.84. The largest absolute Gasteiger partial charge is 0.357 e. The molecule has 0 radical (unpaired) electrons. The van der Waals surface area contributed by atoms with Gasteiger partial charge < -0.3 is 10.6 Å². The Morgan fingerprint density at radius 3 is 2.32 bits per heavy atom. The van der Waals surface area contributed by atoms with Crippen LogP contribution in [0.5, 0.6) is 0 Å². The lowest BCUT2D eigenvalue weighted by atomic mass is 10.1. The number of rotatable bonds is 7. The van der Waals surface area contributed by atoms with Crippen LogP contribution in [0.15, 0.2) is 52.4 Å². The van der Waals surface area contributed by atoms with E-state index in [1.54, 1.807) is 24.3 Å². The fourth-order valence-electron chi connectivity index (χ4n) is 2.38. The third-order valence-corrected chi connectivity index (χ3v) is 5.54. The quantitative estimate of drug-likeness (QED) is 0.303. The molecule has 0 unspecified atom stereocenters. The maximum Gasteiger partial charge on any atom is 0.191 e. The van der Waals surface area contributed by atoms with E-state index < -0.39 is 9.84 Å². The topological polar surface area (TPSA) is 70.6 Å². The fraction of sp³-hybridized carbons (Fsp3) is 0.316. The van der Waals surface area contributed by atoms with Crippen LogP contribution in [-0.2, 0) is 22.8 Å². The zero-order valence-corrected chi connectivity index (χ0v) is 20.4. The van der Waals surface area contributed by atoms with E-state index in [4.69, 9.17) is 23.2 Å². The second kappa shape index (κ2) is 11.8. The van der Waals surface area contributed by atoms with Gasteiger partial charge in [-0.25, -0.2) is 13.4 Å². The van der Waals surface area contributed by atoms with Gasteiger partial charge in [-0.05, 0) is 48.7 Å². The normalized spacial score (nSPS) is 11.6. The van der Waals surface area contributed by atoms with Gasteiger partial charge in [-0.3, -0.25) is 0 Å². The summed E-state index contributed by atoms with van der Waals surface area (Å²) in [4.78, 5) is 4.87. The molecule has 0 bridgehead atoms. The number of guanidine groups is 1. The summed E-state index contributed by atoms with van der Waals surface area (Å²) in [5.74, 6) is 0.691. The molecule has 0 saturated heterocycles. The summed E-state index contributed by atoms with van der Waals surface area (Å²) in [5.41, 5.74) is 1.95. The van der Waals surface area contributed by atoms with Crippen LogP contribution in [0.4, 0.5) is 0 Å². The first kappa shape index (κ1) is 25.0. The van der Waals surface area contributed by atoms with Crippen molar-refractivity contribution in [2.75, 3.05) is 19.3 Å². The maximum absolute atomic E-state index is 11.5. The highest BCUT2D eigenvalue weighted by atomic mass is 127. The highest BCUT2D eigenvalue weighted by Crippen LogP contribution is 2.21. The standard InChI is InChI=1S/C19H23Cl2N3O2S.HI/c1-3-22-19(24-13-15-6-7-16(20)12-18(15)21)23-11-10-14-4-8-17(9-5-14)27(2,25)26;/h4-9,12H,3,10-11,13H2,1-2H3,(H2,22,23,24);1H. The molecule has 0 heterocycles. The molecule has 0 spiro atoms. The van der Waals surface area contributed by atoms with Crippen LogP contribution in [0, 0.1) is 0 Å². The predicted molar refractivity (Wildman–Crippen MR) is 128 cm³/mol. The first-order valence-electron chi connectivity index (χ1n) is 8.54. The van der Waals surface area contributed by atoms with Crippen LogP contribution in [0.3, 0.4) is 0 Å². The number of benzene rings is 2. The molecular formula is C19H24Cl2IN3O2S. The van der Waals surface area contributed by atoms with Gasteiger partial charge >= 0.3 is 0 Å². The molecule has 5 nitrogen and oxygen atoms in total. The molecule has 0 aliphatic rings. The summed E-state index contributed by atoms with van der Waals surface area (Å²) in [7, 11) is -3.16. The summed E-state index contributed by atoms with van der Waals surface area (Å²) in [6, 6.07) is 12.3. The van der Waals surface area contributed by atoms with Gasteiger partial charge in [-0.2, -0.15) is 0 Å². The highest BCUT2D eigenvalue weighted by molar-refractivity contribution is 14.0. The molecule has 9 heteroatoms. The minimum absolute atomic E-state index is 0. The van der Waals surface area contributed by atoms with Crippen molar-refractivity contribution in [3.8, 4) is 0 Å². The number of nitrogens with one attached hydrogen (secondary N) is 2. The van der Waals surface area contributed by atoms with E-state index in [-0.39, 0.29) is 24.0 Å². The van der Waals surface area contributed by atoms with Crippen LogP contribution < -0.4 is 10.6 Å². The molecular weight excluding hydrogens is 532 g/mol. The SMILES string of the molecule is CCNC(=NCc1ccc(Cl)cc1Cl)NCCc1ccc(S(C)(=O)=O)cc1.I. The Morgan fingerprint density at radius 2 is 1.75 bits per heavy atom. The summed E-state index contributed by atoms with van der Waals surface area (Å²) in [5, 5.41) is 7.64. The number of sulfone groups is 1. The number of hydrogen-bond acceptors (Lipinski definition) is 3. The van der Waals surface area contributed by atoms with Crippen LogP contribution in [0.2, 0.25) is 10.0 Å². The molecule has 0 saturated carbocycles. The molecule has 0 fully saturated rings. The Kier molecular flexibility index (Phi) is 10.6. The number of aliphatic imine (C=N–C) groups is 1. The van der Waals surface area contributed by atoms with Gasteiger partial charge in [0.15, 0.2) is 15.8 Å². The van der Waals surface area contributed by atoms with Crippen molar-refractivity contribution in [3.05, 3.63) is 63.6 Å². The molecule has 0 aromatic heterocycles. The van der Waals surface area contributed by atoms with Crippen LogP contribution in [0.25, 0.3) is 0 Å². The van der Waals surface area contributed by atoms with Crippen molar-refractivity contribution in [1.29, 1.82) is 0 Å². The van der Waals surface area contributed by atoms with Gasteiger partial charge in [-0.15, -0.1) is 24.0 Å². The summed E-state index contributed by atoms with van der Waals surface area (Å²) < 4.78 is 23.0. The van der Waals surface area contributed by atoms with Crippen molar-refractivity contribution in [1.82, 2.24) is 10.6 Å². The smallest absolute Gasteiger partial charge is 0.191 e. The van der Waals surface area contributed by atoms with Crippen molar-refractivity contribution in [2.24, 2.45) is 4.99 Å². The lowest BCUT2D eigenvalue weighted by molar-refractivity contribution is 0.602. The fourth-order valence-corrected chi connectivity index (χ4v) is 3.48. The Hall–Kier alpha value is -1.03. The van der Waals surface area contributed by atoms with E-state index in [2.05, 4.69) is 15.6 Å². The summed E-state index contributed by atoms with van der Waals surface area (Å²) in [6.07, 6.45) is 1.95. The number of nitrogens with zero attached hydrogens (tertiary/aromatic N) is 1. The minimum Gasteiger partial charge on any atom is -0.357 e. The monoisotopic (exact) mass is 555 g/mol. The van der Waals surface area contributed by atoms with E-state index in [0.717, 1.165) is 24.1 Å². The lowest BCUT2D eigenvalue weighted by Crippen LogP contribution is -2.38. The van der Waals surface area contributed by atoms with Gasteiger partial charge in [-0.1, -0.05) is 41.4 Å². The Bertz CT molecular complexity index is 904. The molecule has 154 valence electrons. The van der Waals surface area contributed by atoms with E-state index in [1.165, 1.54) is 6.26 Å². The minimum atomic E-state index is -3.16. The van der Waals surface area contributed by atoms with Crippen molar-refractivity contribution in [2.45, 2.75) is 24.8 Å². The molecule has 28 heavy (non-hydrogen) atoms. The first-order valence-corrected chi connectivity index (χ1v) is 11.2. The first-order chi connectivity index (χ1) is 12.8. The Morgan fingerprint density at radius 1 is 1.07 bits per heavy atom. The van der Waals surface area contributed by atoms with Crippen LogP contribution >= 0.6 is 47.2 Å². The molecule has 2 aromatic carbocycles. The predicted octanol–water partition coefficient (Wildman–Crippen LogP) is 4.31. The van der Waals surface area contributed by atoms with Gasteiger partial charge in [0.2, 0.25) is 0 Å². The van der Waals surface area contributed by atoms with Gasteiger partial charge in [0.25, 0.3) is 0 Å². The Labute approximate surface area is 193 Å². The molecule has 0 aliphatic heterocycles. The van der Waals surface area contributed by atoms with Crippen molar-refractivity contribution in [3.63, 3.8) is 0 Å². The van der Waals surface area contributed by atoms with E-state index >= 15 is 0 Å². The zero-order chi connectivity index (χ0) is 19.9. The van der Waals surface area contributed by atoms with E-state index in [1.807, 2.05) is 25.1 Å².